The molecule has 4 rings (SSSR count). The lowest BCUT2D eigenvalue weighted by Crippen LogP contribution is -2.31. The van der Waals surface area contributed by atoms with Gasteiger partial charge in [0.25, 0.3) is 5.56 Å². The Bertz CT molecular complexity index is 1270. The van der Waals surface area contributed by atoms with Crippen molar-refractivity contribution < 1.29 is 4.79 Å². The molecular formula is C22H21N5O2. The molecule has 0 saturated carbocycles. The van der Waals surface area contributed by atoms with Crippen LogP contribution in [0.1, 0.15) is 16.8 Å². The summed E-state index contributed by atoms with van der Waals surface area (Å²) in [6.07, 6.45) is 1.64. The third-order valence-corrected chi connectivity index (χ3v) is 4.84. The Balaban J connectivity index is 1.72. The van der Waals surface area contributed by atoms with Crippen LogP contribution in [0.3, 0.4) is 0 Å². The van der Waals surface area contributed by atoms with E-state index in [1.54, 1.807) is 17.8 Å². The minimum absolute atomic E-state index is 0.178. The Morgan fingerprint density at radius 3 is 2.48 bits per heavy atom. The summed E-state index contributed by atoms with van der Waals surface area (Å²) in [6.45, 7) is 5.57. The van der Waals surface area contributed by atoms with Gasteiger partial charge in [-0.3, -0.25) is 9.59 Å². The second-order valence-electron chi connectivity index (χ2n) is 7.07. The van der Waals surface area contributed by atoms with Crippen LogP contribution in [0.15, 0.2) is 59.5 Å². The monoisotopic (exact) mass is 387 g/mol. The normalized spacial score (nSPS) is 11.0. The number of hydrogen-bond donors (Lipinski definition) is 1. The maximum Gasteiger partial charge on any atom is 0.293 e. The van der Waals surface area contributed by atoms with Crippen molar-refractivity contribution >= 4 is 22.5 Å². The van der Waals surface area contributed by atoms with E-state index in [-0.39, 0.29) is 18.0 Å². The summed E-state index contributed by atoms with van der Waals surface area (Å²) in [4.78, 5) is 25.6. The van der Waals surface area contributed by atoms with E-state index >= 15 is 0 Å². The number of anilines is 1. The molecule has 1 amide bonds. The van der Waals surface area contributed by atoms with Crippen LogP contribution in [0.4, 0.5) is 5.69 Å². The summed E-state index contributed by atoms with van der Waals surface area (Å²) in [6, 6.07) is 15.2. The first-order valence-electron chi connectivity index (χ1n) is 9.32. The molecule has 29 heavy (non-hydrogen) atoms. The molecule has 2 aromatic carbocycles. The van der Waals surface area contributed by atoms with Gasteiger partial charge in [-0.05, 0) is 44.5 Å². The minimum atomic E-state index is -0.356. The van der Waals surface area contributed by atoms with Crippen LogP contribution in [0.25, 0.3) is 16.6 Å². The van der Waals surface area contributed by atoms with Crippen LogP contribution < -0.4 is 10.9 Å². The number of benzene rings is 2. The molecule has 0 fully saturated rings. The zero-order chi connectivity index (χ0) is 20.5. The van der Waals surface area contributed by atoms with E-state index in [0.29, 0.717) is 22.3 Å². The van der Waals surface area contributed by atoms with E-state index in [9.17, 15) is 9.59 Å². The quantitative estimate of drug-likeness (QED) is 0.583. The predicted molar refractivity (Wildman–Crippen MR) is 112 cm³/mol. The Morgan fingerprint density at radius 1 is 1.03 bits per heavy atom. The molecule has 0 spiro atoms. The highest BCUT2D eigenvalue weighted by Gasteiger charge is 2.17. The van der Waals surface area contributed by atoms with Gasteiger partial charge in [0.2, 0.25) is 5.91 Å². The molecule has 1 N–H and O–H groups in total. The van der Waals surface area contributed by atoms with E-state index in [0.717, 1.165) is 16.8 Å². The second kappa shape index (κ2) is 7.35. The van der Waals surface area contributed by atoms with E-state index in [1.165, 1.54) is 4.68 Å². The first kappa shape index (κ1) is 18.6. The predicted octanol–water partition coefficient (Wildman–Crippen LogP) is 3.15. The van der Waals surface area contributed by atoms with Crippen molar-refractivity contribution in [3.8, 4) is 5.69 Å². The first-order chi connectivity index (χ1) is 13.9. The van der Waals surface area contributed by atoms with E-state index < -0.39 is 0 Å². The van der Waals surface area contributed by atoms with Crippen LogP contribution in [-0.4, -0.2) is 25.5 Å². The summed E-state index contributed by atoms with van der Waals surface area (Å²) in [5, 5.41) is 12.2. The van der Waals surface area contributed by atoms with Crippen molar-refractivity contribution in [1.82, 2.24) is 19.6 Å². The summed E-state index contributed by atoms with van der Waals surface area (Å²) in [5.41, 5.74) is 4.29. The molecule has 2 heterocycles. The second-order valence-corrected chi connectivity index (χ2v) is 7.07. The highest BCUT2D eigenvalue weighted by Crippen LogP contribution is 2.19. The number of para-hydroxylation sites is 1. The van der Waals surface area contributed by atoms with E-state index in [2.05, 4.69) is 15.5 Å². The van der Waals surface area contributed by atoms with E-state index in [1.807, 2.05) is 62.4 Å². The Morgan fingerprint density at radius 2 is 1.76 bits per heavy atom. The SMILES string of the molecule is Cc1ccc(NC(=O)Cn2nc(C)c3cnn(-c4ccccc4C)c3c2=O)cc1. The van der Waals surface area contributed by atoms with Crippen LogP contribution in [0, 0.1) is 20.8 Å². The van der Waals surface area contributed by atoms with Gasteiger partial charge < -0.3 is 5.32 Å². The fraction of sp³-hybridized carbons (Fsp3) is 0.182. The lowest BCUT2D eigenvalue weighted by Gasteiger charge is -2.10. The average molecular weight is 387 g/mol. The number of nitrogens with one attached hydrogen (secondary N) is 1. The number of rotatable bonds is 4. The Labute approximate surface area is 167 Å². The lowest BCUT2D eigenvalue weighted by molar-refractivity contribution is -0.117. The van der Waals surface area contributed by atoms with Crippen molar-refractivity contribution in [3.63, 3.8) is 0 Å². The highest BCUT2D eigenvalue weighted by molar-refractivity contribution is 5.90. The molecule has 7 heteroatoms. The van der Waals surface area contributed by atoms with Gasteiger partial charge in [-0.15, -0.1) is 0 Å². The molecule has 0 unspecified atom stereocenters. The molecule has 0 saturated heterocycles. The van der Waals surface area contributed by atoms with Gasteiger partial charge >= 0.3 is 0 Å². The van der Waals surface area contributed by atoms with Crippen molar-refractivity contribution in [2.24, 2.45) is 0 Å². The number of fused-ring (bicyclic) bond motifs is 1. The van der Waals surface area contributed by atoms with Crippen molar-refractivity contribution in [3.05, 3.63) is 81.9 Å². The number of amides is 1. The molecule has 0 aliphatic carbocycles. The molecule has 2 aromatic heterocycles. The van der Waals surface area contributed by atoms with Gasteiger partial charge in [0.1, 0.15) is 12.1 Å². The number of hydrogen-bond acceptors (Lipinski definition) is 4. The summed E-state index contributed by atoms with van der Waals surface area (Å²) < 4.78 is 2.81. The minimum Gasteiger partial charge on any atom is -0.324 e. The van der Waals surface area contributed by atoms with Crippen molar-refractivity contribution in [1.29, 1.82) is 0 Å². The number of aryl methyl sites for hydroxylation is 3. The van der Waals surface area contributed by atoms with Gasteiger partial charge in [0.15, 0.2) is 0 Å². The summed E-state index contributed by atoms with van der Waals surface area (Å²) >= 11 is 0. The third-order valence-electron chi connectivity index (χ3n) is 4.84. The Hall–Kier alpha value is -3.74. The van der Waals surface area contributed by atoms with E-state index in [4.69, 9.17) is 0 Å². The molecule has 146 valence electrons. The van der Waals surface area contributed by atoms with Gasteiger partial charge in [0.05, 0.1) is 17.6 Å². The van der Waals surface area contributed by atoms with Gasteiger partial charge in [0, 0.05) is 11.1 Å². The Kier molecular flexibility index (Phi) is 4.72. The fourth-order valence-corrected chi connectivity index (χ4v) is 3.29. The largest absolute Gasteiger partial charge is 0.324 e. The number of carbonyl (C=O) groups excluding carboxylic acids is 1. The summed E-state index contributed by atoms with van der Waals surface area (Å²) in [5.74, 6) is -0.316. The zero-order valence-electron chi connectivity index (χ0n) is 16.5. The molecule has 0 atom stereocenters. The van der Waals surface area contributed by atoms with Gasteiger partial charge in [-0.25, -0.2) is 9.36 Å². The van der Waals surface area contributed by atoms with Crippen LogP contribution in [0.2, 0.25) is 0 Å². The molecule has 0 aliphatic heterocycles. The standard InChI is InChI=1S/C22H21N5O2/c1-14-8-10-17(11-9-14)24-20(28)13-26-22(29)21-18(16(3)25-26)12-23-27(21)19-7-5-4-6-15(19)2/h4-12H,13H2,1-3H3,(H,24,28). The first-order valence-corrected chi connectivity index (χ1v) is 9.32. The molecule has 0 radical (unpaired) electrons. The topological polar surface area (TPSA) is 81.8 Å². The van der Waals surface area contributed by atoms with Crippen LogP contribution in [0.5, 0.6) is 0 Å². The smallest absolute Gasteiger partial charge is 0.293 e. The highest BCUT2D eigenvalue weighted by atomic mass is 16.2. The van der Waals surface area contributed by atoms with Crippen molar-refractivity contribution in [2.45, 2.75) is 27.3 Å². The number of nitrogens with zero attached hydrogens (tertiary/aromatic N) is 4. The summed E-state index contributed by atoms with van der Waals surface area (Å²) in [7, 11) is 0. The molecule has 4 aromatic rings. The number of aromatic nitrogens is 4. The van der Waals surface area contributed by atoms with Crippen LogP contribution >= 0.6 is 0 Å². The van der Waals surface area contributed by atoms with Gasteiger partial charge in [-0.1, -0.05) is 35.9 Å². The zero-order valence-corrected chi connectivity index (χ0v) is 16.5. The van der Waals surface area contributed by atoms with Crippen LogP contribution in [-0.2, 0) is 11.3 Å². The molecule has 0 aliphatic rings. The van der Waals surface area contributed by atoms with Crippen molar-refractivity contribution in [2.75, 3.05) is 5.32 Å². The van der Waals surface area contributed by atoms with Gasteiger partial charge in [-0.2, -0.15) is 10.2 Å². The molecular weight excluding hydrogens is 366 g/mol. The molecule has 7 nitrogen and oxygen atoms in total. The third kappa shape index (κ3) is 3.54. The maximum atomic E-state index is 13.1. The lowest BCUT2D eigenvalue weighted by atomic mass is 10.2. The fourth-order valence-electron chi connectivity index (χ4n) is 3.29. The molecule has 0 bridgehead atoms. The average Bonchev–Trinajstić information content (AvgIpc) is 3.14. The number of carbonyl (C=O) groups is 1. The maximum absolute atomic E-state index is 13.1.